The van der Waals surface area contributed by atoms with E-state index in [1.807, 2.05) is 45.0 Å². The smallest absolute Gasteiger partial charge is 0.416 e. The van der Waals surface area contributed by atoms with Gasteiger partial charge in [0, 0.05) is 22.3 Å². The van der Waals surface area contributed by atoms with Crippen molar-refractivity contribution in [3.63, 3.8) is 0 Å². The first kappa shape index (κ1) is 28.1. The third-order valence-corrected chi connectivity index (χ3v) is 7.78. The highest BCUT2D eigenvalue weighted by Crippen LogP contribution is 2.49. The summed E-state index contributed by atoms with van der Waals surface area (Å²) in [6, 6.07) is 9.53. The second-order valence-electron chi connectivity index (χ2n) is 10.9. The quantitative estimate of drug-likeness (QED) is 0.272. The maximum absolute atomic E-state index is 13.7. The number of ether oxygens (including phenoxy) is 1. The first-order chi connectivity index (χ1) is 17.9. The minimum Gasteiger partial charge on any atom is -0.444 e. The van der Waals surface area contributed by atoms with E-state index in [9.17, 15) is 22.8 Å². The number of hydrogen-bond donors (Lipinski definition) is 3. The molecule has 2 amide bonds. The van der Waals surface area contributed by atoms with Crippen LogP contribution in [0.1, 0.15) is 64.9 Å². The molecule has 1 heterocycles. The van der Waals surface area contributed by atoms with Crippen molar-refractivity contribution in [3.8, 4) is 0 Å². The van der Waals surface area contributed by atoms with Crippen molar-refractivity contribution >= 4 is 40.8 Å². The van der Waals surface area contributed by atoms with E-state index in [1.54, 1.807) is 0 Å². The van der Waals surface area contributed by atoms with Gasteiger partial charge in [0.05, 0.1) is 22.6 Å². The highest BCUT2D eigenvalue weighted by Gasteiger charge is 2.34. The van der Waals surface area contributed by atoms with Crippen LogP contribution >= 0.6 is 11.8 Å². The second-order valence-corrected chi connectivity index (χ2v) is 12.0. The number of nitrogens with one attached hydrogen (secondary N) is 3. The Labute approximate surface area is 225 Å². The van der Waals surface area contributed by atoms with E-state index >= 15 is 0 Å². The molecule has 2 aliphatic rings. The minimum atomic E-state index is -4.53. The Morgan fingerprint density at radius 3 is 2.61 bits per heavy atom. The predicted octanol–water partition coefficient (Wildman–Crippen LogP) is 7.96. The molecule has 2 atom stereocenters. The van der Waals surface area contributed by atoms with Crippen molar-refractivity contribution in [1.82, 2.24) is 5.32 Å². The lowest BCUT2D eigenvalue weighted by Gasteiger charge is -2.30. The van der Waals surface area contributed by atoms with Crippen molar-refractivity contribution in [2.45, 2.75) is 80.9 Å². The summed E-state index contributed by atoms with van der Waals surface area (Å²) in [4.78, 5) is 26.3. The molecule has 1 aliphatic heterocycles. The van der Waals surface area contributed by atoms with Gasteiger partial charge in [-0.2, -0.15) is 13.2 Å². The monoisotopic (exact) mass is 549 g/mol. The number of halogens is 3. The number of rotatable bonds is 6. The Balaban J connectivity index is 1.39. The lowest BCUT2D eigenvalue weighted by molar-refractivity contribution is -0.137. The first-order valence-electron chi connectivity index (χ1n) is 13.0. The van der Waals surface area contributed by atoms with Gasteiger partial charge in [-0.15, -0.1) is 0 Å². The molecule has 206 valence electrons. The van der Waals surface area contributed by atoms with E-state index in [0.717, 1.165) is 48.4 Å². The van der Waals surface area contributed by atoms with Crippen LogP contribution in [0.4, 0.5) is 35.0 Å². The highest BCUT2D eigenvalue weighted by atomic mass is 32.2. The number of hydrogen-bond acceptors (Lipinski definition) is 5. The molecule has 1 unspecified atom stereocenters. The van der Waals surface area contributed by atoms with E-state index in [1.165, 1.54) is 11.8 Å². The predicted molar refractivity (Wildman–Crippen MR) is 143 cm³/mol. The summed E-state index contributed by atoms with van der Waals surface area (Å²) >= 11 is 1.25. The van der Waals surface area contributed by atoms with Crippen LogP contribution in [0.3, 0.4) is 0 Å². The van der Waals surface area contributed by atoms with Crippen LogP contribution in [-0.4, -0.2) is 24.1 Å². The summed E-state index contributed by atoms with van der Waals surface area (Å²) < 4.78 is 46.3. The minimum absolute atomic E-state index is 0.144. The van der Waals surface area contributed by atoms with Gasteiger partial charge in [0.1, 0.15) is 5.60 Å². The maximum atomic E-state index is 13.7. The number of carbonyl (C=O) groups excluding carboxylic acids is 2. The van der Waals surface area contributed by atoms with Crippen LogP contribution in [0.25, 0.3) is 0 Å². The molecular weight excluding hydrogens is 515 g/mol. The summed E-state index contributed by atoms with van der Waals surface area (Å²) in [5.74, 6) is -0.217. The SMILES string of the molecule is CC(C)(C)OC(=O)NCCCC1CCC[C@H](C(=O)Nc2cc(C(F)(F)F)cc3c2Nc2ccccc2S3)C1. The molecule has 0 saturated heterocycles. The third-order valence-electron chi connectivity index (χ3n) is 6.66. The molecule has 0 bridgehead atoms. The summed E-state index contributed by atoms with van der Waals surface area (Å²) in [5, 5.41) is 8.79. The Morgan fingerprint density at radius 2 is 1.87 bits per heavy atom. The van der Waals surface area contributed by atoms with E-state index < -0.39 is 23.4 Å². The number of alkyl halides is 3. The van der Waals surface area contributed by atoms with Gasteiger partial charge in [0.25, 0.3) is 0 Å². The number of fused-ring (bicyclic) bond motifs is 2. The van der Waals surface area contributed by atoms with Crippen LogP contribution in [0.15, 0.2) is 46.2 Å². The topological polar surface area (TPSA) is 79.5 Å². The zero-order valence-electron chi connectivity index (χ0n) is 21.8. The van der Waals surface area contributed by atoms with E-state index in [-0.39, 0.29) is 17.5 Å². The molecule has 0 radical (unpaired) electrons. The van der Waals surface area contributed by atoms with E-state index in [0.29, 0.717) is 35.9 Å². The number of carbonyl (C=O) groups is 2. The van der Waals surface area contributed by atoms with Crippen LogP contribution in [0.2, 0.25) is 0 Å². The van der Waals surface area contributed by atoms with Gasteiger partial charge >= 0.3 is 12.3 Å². The van der Waals surface area contributed by atoms with Gasteiger partial charge in [0.2, 0.25) is 5.91 Å². The molecule has 6 nitrogen and oxygen atoms in total. The van der Waals surface area contributed by atoms with E-state index in [4.69, 9.17) is 4.74 Å². The summed E-state index contributed by atoms with van der Waals surface area (Å²) in [7, 11) is 0. The summed E-state index contributed by atoms with van der Waals surface area (Å²) in [5.41, 5.74) is 0.0724. The van der Waals surface area contributed by atoms with Gasteiger partial charge in [0.15, 0.2) is 0 Å². The molecule has 4 rings (SSSR count). The number of anilines is 3. The molecule has 0 aromatic heterocycles. The molecule has 1 aliphatic carbocycles. The van der Waals surface area contributed by atoms with Gasteiger partial charge in [-0.3, -0.25) is 4.79 Å². The zero-order valence-corrected chi connectivity index (χ0v) is 22.7. The molecule has 1 saturated carbocycles. The lowest BCUT2D eigenvalue weighted by Crippen LogP contribution is -2.33. The van der Waals surface area contributed by atoms with Crippen LogP contribution in [-0.2, 0) is 15.7 Å². The molecular formula is C28H34F3N3O3S. The maximum Gasteiger partial charge on any atom is 0.416 e. The van der Waals surface area contributed by atoms with Crippen molar-refractivity contribution in [2.24, 2.45) is 11.8 Å². The van der Waals surface area contributed by atoms with Gasteiger partial charge < -0.3 is 20.7 Å². The number of alkyl carbamates (subject to hydrolysis) is 1. The molecule has 1 fully saturated rings. The van der Waals surface area contributed by atoms with Crippen LogP contribution in [0, 0.1) is 11.8 Å². The van der Waals surface area contributed by atoms with Crippen molar-refractivity contribution in [2.75, 3.05) is 17.2 Å². The van der Waals surface area contributed by atoms with Gasteiger partial charge in [-0.1, -0.05) is 36.7 Å². The fraction of sp³-hybridized carbons (Fsp3) is 0.500. The van der Waals surface area contributed by atoms with Gasteiger partial charge in [-0.25, -0.2) is 4.79 Å². The largest absolute Gasteiger partial charge is 0.444 e. The van der Waals surface area contributed by atoms with Crippen molar-refractivity contribution in [1.29, 1.82) is 0 Å². The van der Waals surface area contributed by atoms with E-state index in [2.05, 4.69) is 16.0 Å². The number of benzene rings is 2. The third kappa shape index (κ3) is 7.36. The lowest BCUT2D eigenvalue weighted by atomic mass is 9.79. The Hall–Kier alpha value is -2.88. The molecule has 0 spiro atoms. The summed E-state index contributed by atoms with van der Waals surface area (Å²) in [6.45, 7) is 5.91. The Morgan fingerprint density at radius 1 is 1.11 bits per heavy atom. The molecule has 10 heteroatoms. The molecule has 3 N–H and O–H groups in total. The van der Waals surface area contributed by atoms with Crippen LogP contribution in [0.5, 0.6) is 0 Å². The Kier molecular flexibility index (Phi) is 8.49. The standard InChI is InChI=1S/C28H34F3N3O3S/c1-27(2,3)37-26(36)32-13-7-9-17-8-6-10-18(14-17)25(35)34-21-15-19(28(29,30)31)16-23-24(21)33-20-11-4-5-12-22(20)38-23/h4-5,11-12,15-18,33H,6-10,13-14H2,1-3H3,(H,32,36)(H,34,35)/t17?,18-/m0/s1. The normalized spacial score (nSPS) is 19.0. The average Bonchev–Trinajstić information content (AvgIpc) is 2.84. The highest BCUT2D eigenvalue weighted by molar-refractivity contribution is 7.99. The molecule has 2 aromatic carbocycles. The van der Waals surface area contributed by atoms with Crippen molar-refractivity contribution < 1.29 is 27.5 Å². The molecule has 2 aromatic rings. The summed E-state index contributed by atoms with van der Waals surface area (Å²) in [6.07, 6.45) is -0.121. The fourth-order valence-electron chi connectivity index (χ4n) is 4.92. The fourth-order valence-corrected chi connectivity index (χ4v) is 5.98. The zero-order chi connectivity index (χ0) is 27.5. The first-order valence-corrected chi connectivity index (χ1v) is 13.8. The number of amides is 2. The second kappa shape index (κ2) is 11.5. The molecule has 38 heavy (non-hydrogen) atoms. The van der Waals surface area contributed by atoms with Crippen molar-refractivity contribution in [3.05, 3.63) is 42.0 Å². The average molecular weight is 550 g/mol. The Bertz CT molecular complexity index is 1180. The van der Waals surface area contributed by atoms with Crippen LogP contribution < -0.4 is 16.0 Å². The number of para-hydroxylation sites is 1. The van der Waals surface area contributed by atoms with Gasteiger partial charge in [-0.05, 0) is 76.6 Å².